The maximum Gasteiger partial charge on any atom is 0.162 e. The predicted octanol–water partition coefficient (Wildman–Crippen LogP) is 6.50. The number of hydrogen-bond acceptors (Lipinski definition) is 4. The second-order valence-corrected chi connectivity index (χ2v) is 8.27. The average Bonchev–Trinajstić information content (AvgIpc) is 2.72. The van der Waals surface area contributed by atoms with E-state index in [0.29, 0.717) is 13.2 Å². The summed E-state index contributed by atoms with van der Waals surface area (Å²) in [6, 6.07) is 10.2. The predicted molar refractivity (Wildman–Crippen MR) is 121 cm³/mol. The first kappa shape index (κ1) is 21.1. The number of ether oxygens (including phenoxy) is 2. The van der Waals surface area contributed by atoms with Gasteiger partial charge in [-0.25, -0.2) is 0 Å². The van der Waals surface area contributed by atoms with Gasteiger partial charge in [0, 0.05) is 29.8 Å². The topological polar surface area (TPSA) is 33.7 Å². The molecule has 0 aliphatic carbocycles. The summed E-state index contributed by atoms with van der Waals surface area (Å²) in [5.74, 6) is 1.50. The number of nitrogens with zero attached hydrogens (tertiary/aromatic N) is 1. The van der Waals surface area contributed by atoms with Crippen LogP contribution in [-0.2, 0) is 6.54 Å². The lowest BCUT2D eigenvalue weighted by atomic mass is 10.1. The van der Waals surface area contributed by atoms with Gasteiger partial charge in [-0.3, -0.25) is 0 Å². The van der Waals surface area contributed by atoms with Crippen LogP contribution in [0.15, 0.2) is 34.8 Å². The van der Waals surface area contributed by atoms with Crippen LogP contribution in [0.25, 0.3) is 0 Å². The molecule has 1 N–H and O–H groups in total. The first-order valence-electron chi connectivity index (χ1n) is 9.90. The molecular formula is C22H28BrClN2O2. The van der Waals surface area contributed by atoms with Crippen LogP contribution in [0, 0.1) is 0 Å². The third-order valence-corrected chi connectivity index (χ3v) is 5.96. The number of benzene rings is 2. The highest BCUT2D eigenvalue weighted by Crippen LogP contribution is 2.35. The van der Waals surface area contributed by atoms with E-state index in [2.05, 4.69) is 45.2 Å². The van der Waals surface area contributed by atoms with Crippen molar-refractivity contribution in [3.63, 3.8) is 0 Å². The van der Waals surface area contributed by atoms with Crippen molar-refractivity contribution in [2.24, 2.45) is 0 Å². The molecule has 0 unspecified atom stereocenters. The Morgan fingerprint density at radius 1 is 1.11 bits per heavy atom. The van der Waals surface area contributed by atoms with Crippen LogP contribution in [0.5, 0.6) is 11.5 Å². The summed E-state index contributed by atoms with van der Waals surface area (Å²) < 4.78 is 12.2. The molecule has 6 heteroatoms. The van der Waals surface area contributed by atoms with Gasteiger partial charge < -0.3 is 19.7 Å². The van der Waals surface area contributed by atoms with Gasteiger partial charge in [-0.2, -0.15) is 0 Å². The summed E-state index contributed by atoms with van der Waals surface area (Å²) in [5.41, 5.74) is 3.23. The smallest absolute Gasteiger partial charge is 0.162 e. The lowest BCUT2D eigenvalue weighted by Crippen LogP contribution is -2.29. The number of piperidine rings is 1. The molecule has 1 saturated heterocycles. The lowest BCUT2D eigenvalue weighted by Gasteiger charge is -2.29. The molecule has 0 amide bonds. The molecule has 28 heavy (non-hydrogen) atoms. The first-order chi connectivity index (χ1) is 13.6. The molecule has 0 saturated carbocycles. The van der Waals surface area contributed by atoms with Crippen molar-refractivity contribution in [3.05, 3.63) is 45.4 Å². The van der Waals surface area contributed by atoms with Gasteiger partial charge in [0.1, 0.15) is 0 Å². The number of rotatable bonds is 8. The summed E-state index contributed by atoms with van der Waals surface area (Å²) in [4.78, 5) is 2.38. The van der Waals surface area contributed by atoms with Gasteiger partial charge in [0.15, 0.2) is 11.5 Å². The van der Waals surface area contributed by atoms with Crippen LogP contribution in [0.3, 0.4) is 0 Å². The standard InChI is InChI=1S/C22H28BrClN2O2/c1-3-11-28-22-14-18(23)16(12-21(22)27-2)15-25-17-7-8-20(19(24)13-17)26-9-5-4-6-10-26/h7-8,12-14,25H,3-6,9-11,15H2,1-2H3. The van der Waals surface area contributed by atoms with E-state index >= 15 is 0 Å². The third kappa shape index (κ3) is 5.26. The summed E-state index contributed by atoms with van der Waals surface area (Å²) in [7, 11) is 1.67. The largest absolute Gasteiger partial charge is 0.493 e. The molecular weight excluding hydrogens is 440 g/mol. The van der Waals surface area contributed by atoms with Crippen molar-refractivity contribution < 1.29 is 9.47 Å². The molecule has 1 aliphatic heterocycles. The fourth-order valence-electron chi connectivity index (χ4n) is 3.40. The SMILES string of the molecule is CCCOc1cc(Br)c(CNc2ccc(N3CCCCC3)c(Cl)c2)cc1OC. The highest BCUT2D eigenvalue weighted by Gasteiger charge is 2.14. The summed E-state index contributed by atoms with van der Waals surface area (Å²) in [5, 5.41) is 4.26. The van der Waals surface area contributed by atoms with Crippen molar-refractivity contribution in [3.8, 4) is 11.5 Å². The van der Waals surface area contributed by atoms with Crippen molar-refractivity contribution in [2.75, 3.05) is 37.0 Å². The van der Waals surface area contributed by atoms with Crippen LogP contribution in [0.2, 0.25) is 5.02 Å². The molecule has 0 atom stereocenters. The maximum atomic E-state index is 6.57. The second kappa shape index (κ2) is 10.3. The molecule has 152 valence electrons. The van der Waals surface area contributed by atoms with Gasteiger partial charge in [0.2, 0.25) is 0 Å². The van der Waals surface area contributed by atoms with Gasteiger partial charge in [0.25, 0.3) is 0 Å². The lowest BCUT2D eigenvalue weighted by molar-refractivity contribution is 0.294. The maximum absolute atomic E-state index is 6.57. The minimum Gasteiger partial charge on any atom is -0.493 e. The highest BCUT2D eigenvalue weighted by molar-refractivity contribution is 9.10. The van der Waals surface area contributed by atoms with E-state index in [9.17, 15) is 0 Å². The van der Waals surface area contributed by atoms with Gasteiger partial charge in [-0.05, 0) is 61.6 Å². The van der Waals surface area contributed by atoms with Crippen molar-refractivity contribution in [2.45, 2.75) is 39.2 Å². The van der Waals surface area contributed by atoms with E-state index < -0.39 is 0 Å². The summed E-state index contributed by atoms with van der Waals surface area (Å²) in [6.45, 7) is 5.59. The van der Waals surface area contributed by atoms with E-state index in [0.717, 1.165) is 57.4 Å². The zero-order valence-corrected chi connectivity index (χ0v) is 18.9. The number of hydrogen-bond donors (Lipinski definition) is 1. The molecule has 4 nitrogen and oxygen atoms in total. The van der Waals surface area contributed by atoms with Crippen LogP contribution < -0.4 is 19.7 Å². The fourth-order valence-corrected chi connectivity index (χ4v) is 4.17. The van der Waals surface area contributed by atoms with E-state index in [-0.39, 0.29) is 0 Å². The molecule has 2 aromatic carbocycles. The van der Waals surface area contributed by atoms with E-state index in [4.69, 9.17) is 21.1 Å². The Kier molecular flexibility index (Phi) is 7.74. The molecule has 1 fully saturated rings. The van der Waals surface area contributed by atoms with E-state index in [1.807, 2.05) is 18.2 Å². The van der Waals surface area contributed by atoms with Crippen molar-refractivity contribution >= 4 is 38.9 Å². The minimum absolute atomic E-state index is 0.657. The van der Waals surface area contributed by atoms with Crippen molar-refractivity contribution in [1.82, 2.24) is 0 Å². The number of methoxy groups -OCH3 is 1. The Morgan fingerprint density at radius 3 is 2.57 bits per heavy atom. The number of nitrogens with one attached hydrogen (secondary N) is 1. The van der Waals surface area contributed by atoms with E-state index in [1.165, 1.54) is 19.3 Å². The van der Waals surface area contributed by atoms with Crippen LogP contribution in [-0.4, -0.2) is 26.8 Å². The van der Waals surface area contributed by atoms with Gasteiger partial charge in [-0.1, -0.05) is 34.5 Å². The zero-order valence-electron chi connectivity index (χ0n) is 16.6. The average molecular weight is 468 g/mol. The summed E-state index contributed by atoms with van der Waals surface area (Å²) in [6.07, 6.45) is 4.75. The van der Waals surface area contributed by atoms with Gasteiger partial charge in [-0.15, -0.1) is 0 Å². The summed E-state index contributed by atoms with van der Waals surface area (Å²) >= 11 is 10.2. The Hall–Kier alpha value is -1.59. The molecule has 0 radical (unpaired) electrons. The number of anilines is 2. The van der Waals surface area contributed by atoms with Gasteiger partial charge in [0.05, 0.1) is 24.4 Å². The normalized spacial score (nSPS) is 14.1. The second-order valence-electron chi connectivity index (χ2n) is 7.01. The van der Waals surface area contributed by atoms with Crippen molar-refractivity contribution in [1.29, 1.82) is 0 Å². The Bertz CT molecular complexity index is 794. The van der Waals surface area contributed by atoms with Crippen LogP contribution in [0.1, 0.15) is 38.2 Å². The third-order valence-electron chi connectivity index (χ3n) is 4.92. The van der Waals surface area contributed by atoms with Crippen LogP contribution in [0.4, 0.5) is 11.4 Å². The zero-order chi connectivity index (χ0) is 19.9. The molecule has 0 aromatic heterocycles. The monoisotopic (exact) mass is 466 g/mol. The molecule has 0 spiro atoms. The molecule has 1 aliphatic rings. The number of halogens is 2. The Morgan fingerprint density at radius 2 is 1.89 bits per heavy atom. The first-order valence-corrected chi connectivity index (χ1v) is 11.1. The van der Waals surface area contributed by atoms with Crippen LogP contribution >= 0.6 is 27.5 Å². The van der Waals surface area contributed by atoms with E-state index in [1.54, 1.807) is 7.11 Å². The molecule has 3 rings (SSSR count). The molecule has 0 bridgehead atoms. The van der Waals surface area contributed by atoms with Gasteiger partial charge >= 0.3 is 0 Å². The highest BCUT2D eigenvalue weighted by atomic mass is 79.9. The quantitative estimate of drug-likeness (QED) is 0.480. The fraction of sp³-hybridized carbons (Fsp3) is 0.455. The minimum atomic E-state index is 0.657. The molecule has 1 heterocycles. The Balaban J connectivity index is 1.68. The Labute approximate surface area is 181 Å². The molecule has 2 aromatic rings.